The summed E-state index contributed by atoms with van der Waals surface area (Å²) in [6, 6.07) is 0. The fraction of sp³-hybridized carbons (Fsp3) is 0.333. The third kappa shape index (κ3) is 0.653. The summed E-state index contributed by atoms with van der Waals surface area (Å²) >= 11 is 3.23. The van der Waals surface area contributed by atoms with Crippen molar-refractivity contribution < 1.29 is 0 Å². The standard InChI is InChI=1S/C3H5BrN2/c4-3-1-5-2-6-3/h1,5-6H,2H2. The number of rotatable bonds is 0. The van der Waals surface area contributed by atoms with Gasteiger partial charge in [0, 0.05) is 6.20 Å². The molecule has 0 saturated heterocycles. The van der Waals surface area contributed by atoms with Gasteiger partial charge in [-0.2, -0.15) is 0 Å². The van der Waals surface area contributed by atoms with E-state index in [0.717, 1.165) is 11.3 Å². The molecule has 1 rings (SSSR count). The Bertz CT molecular complexity index is 78.9. The molecule has 0 aromatic heterocycles. The lowest BCUT2D eigenvalue weighted by Gasteiger charge is -1.86. The van der Waals surface area contributed by atoms with Crippen molar-refractivity contribution >= 4 is 15.9 Å². The Balaban J connectivity index is 2.45. The van der Waals surface area contributed by atoms with E-state index in [2.05, 4.69) is 26.6 Å². The summed E-state index contributed by atoms with van der Waals surface area (Å²) in [5.41, 5.74) is 0. The average molecular weight is 149 g/mol. The third-order valence-corrected chi connectivity index (χ3v) is 1.10. The maximum Gasteiger partial charge on any atom is 0.0953 e. The molecule has 0 spiro atoms. The largest absolute Gasteiger partial charge is 0.372 e. The fourth-order valence-electron chi connectivity index (χ4n) is 0.327. The van der Waals surface area contributed by atoms with E-state index in [4.69, 9.17) is 0 Å². The summed E-state index contributed by atoms with van der Waals surface area (Å²) in [4.78, 5) is 0. The smallest absolute Gasteiger partial charge is 0.0953 e. The molecule has 2 N–H and O–H groups in total. The van der Waals surface area contributed by atoms with Crippen molar-refractivity contribution in [1.82, 2.24) is 10.6 Å². The molecular weight excluding hydrogens is 144 g/mol. The highest BCUT2D eigenvalue weighted by molar-refractivity contribution is 9.11. The van der Waals surface area contributed by atoms with Gasteiger partial charge in [-0.05, 0) is 15.9 Å². The predicted octanol–water partition coefficient (Wildman–Crippen LogP) is 0.330. The van der Waals surface area contributed by atoms with Gasteiger partial charge in [0.2, 0.25) is 0 Å². The molecule has 3 heteroatoms. The Hall–Kier alpha value is -0.180. The van der Waals surface area contributed by atoms with Gasteiger partial charge >= 0.3 is 0 Å². The molecule has 0 unspecified atom stereocenters. The molecule has 0 amide bonds. The normalized spacial score (nSPS) is 18.5. The molecule has 0 aromatic carbocycles. The summed E-state index contributed by atoms with van der Waals surface area (Å²) in [6.45, 7) is 0.848. The van der Waals surface area contributed by atoms with Crippen molar-refractivity contribution in [3.05, 3.63) is 10.8 Å². The van der Waals surface area contributed by atoms with E-state index >= 15 is 0 Å². The lowest BCUT2D eigenvalue weighted by Crippen LogP contribution is -2.12. The molecule has 0 aromatic rings. The van der Waals surface area contributed by atoms with Gasteiger partial charge in [-0.25, -0.2) is 0 Å². The minimum atomic E-state index is 0.848. The fourth-order valence-corrected chi connectivity index (χ4v) is 0.629. The zero-order valence-electron chi connectivity index (χ0n) is 3.16. The van der Waals surface area contributed by atoms with Crippen molar-refractivity contribution in [2.45, 2.75) is 0 Å². The van der Waals surface area contributed by atoms with Crippen LogP contribution in [0.4, 0.5) is 0 Å². The molecule has 1 heterocycles. The van der Waals surface area contributed by atoms with Gasteiger partial charge in [0.1, 0.15) is 0 Å². The molecule has 0 bridgehead atoms. The minimum absolute atomic E-state index is 0.848. The van der Waals surface area contributed by atoms with E-state index in [1.165, 1.54) is 0 Å². The monoisotopic (exact) mass is 148 g/mol. The first-order valence-corrected chi connectivity index (χ1v) is 2.52. The van der Waals surface area contributed by atoms with Crippen LogP contribution >= 0.6 is 15.9 Å². The van der Waals surface area contributed by atoms with E-state index in [1.54, 1.807) is 0 Å². The molecule has 0 fully saturated rings. The summed E-state index contributed by atoms with van der Waals surface area (Å²) in [5.74, 6) is 0. The summed E-state index contributed by atoms with van der Waals surface area (Å²) < 4.78 is 1.03. The first kappa shape index (κ1) is 3.99. The summed E-state index contributed by atoms with van der Waals surface area (Å²) in [7, 11) is 0. The van der Waals surface area contributed by atoms with Crippen LogP contribution < -0.4 is 10.6 Å². The van der Waals surface area contributed by atoms with E-state index in [9.17, 15) is 0 Å². The van der Waals surface area contributed by atoms with Crippen LogP contribution in [-0.2, 0) is 0 Å². The molecule has 0 saturated carbocycles. The molecular formula is C3H5BrN2. The van der Waals surface area contributed by atoms with Gasteiger partial charge in [0.05, 0.1) is 11.3 Å². The second-order valence-corrected chi connectivity index (χ2v) is 1.90. The van der Waals surface area contributed by atoms with Crippen molar-refractivity contribution in [2.24, 2.45) is 0 Å². The van der Waals surface area contributed by atoms with Crippen molar-refractivity contribution in [3.8, 4) is 0 Å². The van der Waals surface area contributed by atoms with E-state index in [1.807, 2.05) is 6.20 Å². The SMILES string of the molecule is BrC1=CNCN1. The van der Waals surface area contributed by atoms with Crippen LogP contribution in [0.15, 0.2) is 10.8 Å². The van der Waals surface area contributed by atoms with Gasteiger partial charge in [-0.15, -0.1) is 0 Å². The number of halogens is 1. The number of nitrogens with one attached hydrogen (secondary N) is 2. The van der Waals surface area contributed by atoms with Crippen molar-refractivity contribution in [1.29, 1.82) is 0 Å². The predicted molar refractivity (Wildman–Crippen MR) is 28.1 cm³/mol. The van der Waals surface area contributed by atoms with E-state index in [-0.39, 0.29) is 0 Å². The van der Waals surface area contributed by atoms with Crippen molar-refractivity contribution in [2.75, 3.05) is 6.67 Å². The topological polar surface area (TPSA) is 24.1 Å². The zero-order chi connectivity index (χ0) is 4.41. The van der Waals surface area contributed by atoms with Crippen LogP contribution in [0.1, 0.15) is 0 Å². The average Bonchev–Trinajstić information content (AvgIpc) is 1.86. The highest BCUT2D eigenvalue weighted by atomic mass is 79.9. The highest BCUT2D eigenvalue weighted by Gasteiger charge is 1.92. The molecule has 0 atom stereocenters. The number of hydrogen-bond donors (Lipinski definition) is 2. The second-order valence-electron chi connectivity index (χ2n) is 1.05. The lowest BCUT2D eigenvalue weighted by atomic mass is 11.0. The first-order chi connectivity index (χ1) is 2.89. The zero-order valence-corrected chi connectivity index (χ0v) is 4.75. The Morgan fingerprint density at radius 2 is 2.67 bits per heavy atom. The van der Waals surface area contributed by atoms with E-state index < -0.39 is 0 Å². The Labute approximate surface area is 44.7 Å². The van der Waals surface area contributed by atoms with Gasteiger partial charge in [0.25, 0.3) is 0 Å². The molecule has 0 aliphatic carbocycles. The van der Waals surface area contributed by atoms with Crippen LogP contribution in [0.25, 0.3) is 0 Å². The van der Waals surface area contributed by atoms with Crippen molar-refractivity contribution in [3.63, 3.8) is 0 Å². The lowest BCUT2D eigenvalue weighted by molar-refractivity contribution is 0.832. The Morgan fingerprint density at radius 1 is 1.83 bits per heavy atom. The minimum Gasteiger partial charge on any atom is -0.372 e. The third-order valence-electron chi connectivity index (χ3n) is 0.588. The molecule has 1 aliphatic heterocycles. The van der Waals surface area contributed by atoms with Crippen LogP contribution in [-0.4, -0.2) is 6.67 Å². The number of hydrogen-bond acceptors (Lipinski definition) is 2. The van der Waals surface area contributed by atoms with E-state index in [0.29, 0.717) is 0 Å². The quantitative estimate of drug-likeness (QED) is 0.485. The maximum atomic E-state index is 3.23. The summed E-state index contributed by atoms with van der Waals surface area (Å²) in [6.07, 6.45) is 1.88. The highest BCUT2D eigenvalue weighted by Crippen LogP contribution is 1.98. The van der Waals surface area contributed by atoms with Gasteiger partial charge in [-0.1, -0.05) is 0 Å². The second kappa shape index (κ2) is 1.51. The Kier molecular flexibility index (Phi) is 1.01. The van der Waals surface area contributed by atoms with Gasteiger partial charge < -0.3 is 10.6 Å². The van der Waals surface area contributed by atoms with Crippen LogP contribution in [0.2, 0.25) is 0 Å². The van der Waals surface area contributed by atoms with Gasteiger partial charge in [0.15, 0.2) is 0 Å². The Morgan fingerprint density at radius 3 is 2.83 bits per heavy atom. The molecule has 2 nitrogen and oxygen atoms in total. The van der Waals surface area contributed by atoms with Crippen LogP contribution in [0.5, 0.6) is 0 Å². The maximum absolute atomic E-state index is 3.23. The summed E-state index contributed by atoms with van der Waals surface area (Å²) in [5, 5.41) is 5.94. The van der Waals surface area contributed by atoms with Gasteiger partial charge in [-0.3, -0.25) is 0 Å². The molecule has 6 heavy (non-hydrogen) atoms. The molecule has 34 valence electrons. The van der Waals surface area contributed by atoms with Crippen LogP contribution in [0, 0.1) is 0 Å². The molecule has 1 aliphatic rings. The van der Waals surface area contributed by atoms with Crippen LogP contribution in [0.3, 0.4) is 0 Å². The first-order valence-electron chi connectivity index (χ1n) is 1.72. The molecule has 0 radical (unpaired) electrons.